The molecule has 1 aliphatic rings. The zero-order valence-corrected chi connectivity index (χ0v) is 13.4. The molecule has 0 radical (unpaired) electrons. The molecule has 1 fully saturated rings. The Balaban J connectivity index is 2.22. The molecule has 1 saturated carbocycles. The second-order valence-electron chi connectivity index (χ2n) is 5.70. The number of hydrogen-bond donors (Lipinski definition) is 0. The summed E-state index contributed by atoms with van der Waals surface area (Å²) < 4.78 is 1.99. The highest BCUT2D eigenvalue weighted by atomic mass is 16.3. The zero-order valence-electron chi connectivity index (χ0n) is 13.4. The van der Waals surface area contributed by atoms with Crippen molar-refractivity contribution in [3.8, 4) is 5.88 Å². The van der Waals surface area contributed by atoms with Gasteiger partial charge in [-0.25, -0.2) is 4.79 Å². The molecule has 0 N–H and O–H groups in total. The van der Waals surface area contributed by atoms with Crippen molar-refractivity contribution in [2.75, 3.05) is 0 Å². The molecule has 1 heterocycles. The molecule has 0 amide bonds. The molecule has 0 spiro atoms. The lowest BCUT2D eigenvalue weighted by Gasteiger charge is -2.10. The van der Waals surface area contributed by atoms with Gasteiger partial charge in [0.15, 0.2) is 4.98 Å². The number of hydrogen-bond acceptors (Lipinski definition) is 5. The fourth-order valence-corrected chi connectivity index (χ4v) is 2.46. The van der Waals surface area contributed by atoms with Gasteiger partial charge in [-0.1, -0.05) is 30.3 Å². The molecular formula is C16H16N6O2. The Kier molecular flexibility index (Phi) is 4.00. The number of nitrogens with zero attached hydrogens (tertiary/aromatic N) is 6. The third-order valence-corrected chi connectivity index (χ3v) is 4.00. The second kappa shape index (κ2) is 6.12. The zero-order chi connectivity index (χ0) is 17.3. The van der Waals surface area contributed by atoms with Crippen LogP contribution < -0.4 is 16.3 Å². The van der Waals surface area contributed by atoms with Gasteiger partial charge in [-0.05, 0) is 18.4 Å². The lowest BCUT2D eigenvalue weighted by molar-refractivity contribution is -0.278. The van der Waals surface area contributed by atoms with Crippen molar-refractivity contribution in [1.29, 1.82) is 5.39 Å². The van der Waals surface area contributed by atoms with E-state index in [1.54, 1.807) is 0 Å². The van der Waals surface area contributed by atoms with Crippen molar-refractivity contribution in [2.24, 2.45) is 30.2 Å². The van der Waals surface area contributed by atoms with Crippen molar-refractivity contribution < 1.29 is 5.11 Å². The summed E-state index contributed by atoms with van der Waals surface area (Å²) >= 11 is 0. The predicted octanol–water partition coefficient (Wildman–Crippen LogP) is 0.997. The molecule has 0 bridgehead atoms. The van der Waals surface area contributed by atoms with Crippen LogP contribution in [0.25, 0.3) is 4.98 Å². The lowest BCUT2D eigenvalue weighted by Crippen LogP contribution is -2.38. The Morgan fingerprint density at radius 2 is 1.92 bits per heavy atom. The average Bonchev–Trinajstić information content (AvgIpc) is 3.43. The molecule has 1 aromatic heterocycles. The first-order valence-corrected chi connectivity index (χ1v) is 7.53. The largest absolute Gasteiger partial charge is 0.854 e. The van der Waals surface area contributed by atoms with E-state index in [0.29, 0.717) is 5.92 Å². The van der Waals surface area contributed by atoms with E-state index in [0.717, 1.165) is 33.3 Å². The fourth-order valence-electron chi connectivity index (χ4n) is 2.46. The smallest absolute Gasteiger partial charge is 0.437 e. The summed E-state index contributed by atoms with van der Waals surface area (Å²) in [5.41, 5.74) is 0.799. The minimum atomic E-state index is -0.720. The van der Waals surface area contributed by atoms with Crippen molar-refractivity contribution in [3.63, 3.8) is 0 Å². The van der Waals surface area contributed by atoms with E-state index in [4.69, 9.17) is 5.39 Å². The molecule has 1 aromatic carbocycles. The van der Waals surface area contributed by atoms with E-state index in [1.165, 1.54) is 14.1 Å². The first-order valence-electron chi connectivity index (χ1n) is 7.53. The van der Waals surface area contributed by atoms with Gasteiger partial charge in [0.1, 0.15) is 0 Å². The molecule has 8 heteroatoms. The Labute approximate surface area is 137 Å². The molecular weight excluding hydrogens is 308 g/mol. The van der Waals surface area contributed by atoms with E-state index in [-0.39, 0.29) is 11.2 Å². The van der Waals surface area contributed by atoms with Gasteiger partial charge >= 0.3 is 11.4 Å². The van der Waals surface area contributed by atoms with E-state index in [1.807, 2.05) is 30.3 Å². The summed E-state index contributed by atoms with van der Waals surface area (Å²) in [5.74, 6) is -0.406. The van der Waals surface area contributed by atoms with Crippen LogP contribution in [0.4, 0.5) is 5.69 Å². The van der Waals surface area contributed by atoms with Crippen LogP contribution in [-0.4, -0.2) is 14.8 Å². The SMILES string of the molecule is Cn1c([O-])c([N+]#N)/c(=N/N=C(/c2ccccc2)C2CC2)n(C)c1=O. The predicted molar refractivity (Wildman–Crippen MR) is 86.1 cm³/mol. The Hall–Kier alpha value is -3.21. The third-order valence-electron chi connectivity index (χ3n) is 4.00. The summed E-state index contributed by atoms with van der Waals surface area (Å²) in [6, 6.07) is 9.62. The standard InChI is InChI=1S/C16H16N6O2/c1-21-14(13(18-17)15(23)22(2)16(21)24)20-19-12(11-8-9-11)10-6-4-3-5-7-10/h3-7,11H,8-9H2,1-2H3/b19-12-. The first kappa shape index (κ1) is 15.7. The Bertz CT molecular complexity index is 975. The monoisotopic (exact) mass is 324 g/mol. The Morgan fingerprint density at radius 1 is 1.25 bits per heavy atom. The fraction of sp³-hybridized carbons (Fsp3) is 0.312. The van der Waals surface area contributed by atoms with Crippen LogP contribution in [-0.2, 0) is 14.1 Å². The van der Waals surface area contributed by atoms with Gasteiger partial charge in [0.05, 0.1) is 11.6 Å². The van der Waals surface area contributed by atoms with Crippen LogP contribution in [0.15, 0.2) is 45.3 Å². The number of rotatable bonds is 3. The molecule has 0 atom stereocenters. The number of diazo groups is 1. The first-order chi connectivity index (χ1) is 11.5. The van der Waals surface area contributed by atoms with E-state index in [2.05, 4.69) is 15.2 Å². The maximum atomic E-state index is 12.0. The molecule has 0 aliphatic heterocycles. The van der Waals surface area contributed by atoms with E-state index in [9.17, 15) is 9.90 Å². The Morgan fingerprint density at radius 3 is 2.50 bits per heavy atom. The lowest BCUT2D eigenvalue weighted by atomic mass is 10.1. The van der Waals surface area contributed by atoms with Crippen LogP contribution in [0, 0.1) is 11.3 Å². The number of benzene rings is 1. The van der Waals surface area contributed by atoms with Crippen LogP contribution in [0.5, 0.6) is 5.88 Å². The summed E-state index contributed by atoms with van der Waals surface area (Å²) in [7, 11) is 2.76. The molecule has 2 aromatic rings. The highest BCUT2D eigenvalue weighted by Crippen LogP contribution is 2.33. The maximum absolute atomic E-state index is 12.0. The molecule has 1 aliphatic carbocycles. The molecule has 0 saturated heterocycles. The van der Waals surface area contributed by atoms with E-state index < -0.39 is 11.6 Å². The van der Waals surface area contributed by atoms with Crippen LogP contribution in [0.2, 0.25) is 0 Å². The number of aromatic nitrogens is 2. The van der Waals surface area contributed by atoms with Gasteiger partial charge in [0.25, 0.3) is 5.49 Å². The second-order valence-corrected chi connectivity index (χ2v) is 5.70. The normalized spacial score (nSPS) is 15.4. The minimum absolute atomic E-state index is 0.0697. The van der Waals surface area contributed by atoms with Crippen molar-refractivity contribution in [1.82, 2.24) is 9.13 Å². The van der Waals surface area contributed by atoms with Gasteiger partial charge in [0, 0.05) is 20.0 Å². The summed E-state index contributed by atoms with van der Waals surface area (Å²) in [5, 5.41) is 29.5. The molecule has 24 heavy (non-hydrogen) atoms. The summed E-state index contributed by atoms with van der Waals surface area (Å²) in [4.78, 5) is 15.0. The van der Waals surface area contributed by atoms with Crippen molar-refractivity contribution in [3.05, 3.63) is 56.8 Å². The van der Waals surface area contributed by atoms with E-state index >= 15 is 0 Å². The average molecular weight is 324 g/mol. The van der Waals surface area contributed by atoms with Crippen molar-refractivity contribution >= 4 is 11.4 Å². The van der Waals surface area contributed by atoms with Gasteiger partial charge in [-0.2, -0.15) is 5.10 Å². The molecule has 8 nitrogen and oxygen atoms in total. The van der Waals surface area contributed by atoms with Crippen molar-refractivity contribution in [2.45, 2.75) is 12.8 Å². The molecule has 0 unspecified atom stereocenters. The minimum Gasteiger partial charge on any atom is -0.854 e. The maximum Gasteiger partial charge on any atom is 0.437 e. The van der Waals surface area contributed by atoms with Gasteiger partial charge in [-0.15, -0.1) is 5.10 Å². The highest BCUT2D eigenvalue weighted by Gasteiger charge is 2.29. The summed E-state index contributed by atoms with van der Waals surface area (Å²) in [6.07, 6.45) is 2.05. The molecule has 3 rings (SSSR count). The van der Waals surface area contributed by atoms with Crippen LogP contribution >= 0.6 is 0 Å². The van der Waals surface area contributed by atoms with Gasteiger partial charge in [-0.3, -0.25) is 4.57 Å². The topological polar surface area (TPSA) is 103 Å². The van der Waals surface area contributed by atoms with Crippen LogP contribution in [0.1, 0.15) is 18.4 Å². The highest BCUT2D eigenvalue weighted by molar-refractivity contribution is 6.03. The quantitative estimate of drug-likeness (QED) is 0.478. The van der Waals surface area contributed by atoms with Crippen LogP contribution in [0.3, 0.4) is 0 Å². The third kappa shape index (κ3) is 2.72. The van der Waals surface area contributed by atoms with Gasteiger partial charge < -0.3 is 9.67 Å². The molecule has 122 valence electrons. The summed E-state index contributed by atoms with van der Waals surface area (Å²) in [6.45, 7) is 0. The van der Waals surface area contributed by atoms with Gasteiger partial charge in [0.2, 0.25) is 5.39 Å².